The number of anilines is 2. The number of aryl methyl sites for hydroxylation is 1. The lowest BCUT2D eigenvalue weighted by molar-refractivity contribution is -0.118. The minimum Gasteiger partial charge on any atom is -0.326 e. The van der Waals surface area contributed by atoms with Crippen LogP contribution in [-0.2, 0) is 9.59 Å². The van der Waals surface area contributed by atoms with Gasteiger partial charge in [-0.15, -0.1) is 11.8 Å². The summed E-state index contributed by atoms with van der Waals surface area (Å²) >= 11 is 7.67. The third-order valence-electron chi connectivity index (χ3n) is 4.84. The summed E-state index contributed by atoms with van der Waals surface area (Å²) < 4.78 is 0. The molecular formula is C27H29ClN2O2S. The van der Waals surface area contributed by atoms with Crippen molar-refractivity contribution in [2.75, 3.05) is 10.6 Å². The van der Waals surface area contributed by atoms with Crippen LogP contribution in [0.3, 0.4) is 0 Å². The van der Waals surface area contributed by atoms with Gasteiger partial charge in [0.25, 0.3) is 0 Å². The topological polar surface area (TPSA) is 58.2 Å². The standard InChI is InChI=1S/C27H29ClN2O2S/c1-18-13-14-21(16-23(18)28)30-26(32)25(19-9-6-5-7-10-19)33-22-12-8-11-20(15-22)29-24(31)17-27(2,3)4/h5-16,25H,17H2,1-4H3,(H,29,31)(H,30,32). The summed E-state index contributed by atoms with van der Waals surface area (Å²) in [5.74, 6) is -0.174. The fourth-order valence-corrected chi connectivity index (χ4v) is 4.51. The molecule has 0 bridgehead atoms. The Morgan fingerprint density at radius 3 is 2.27 bits per heavy atom. The normalized spacial score (nSPS) is 12.2. The van der Waals surface area contributed by atoms with Gasteiger partial charge in [0.05, 0.1) is 0 Å². The van der Waals surface area contributed by atoms with E-state index in [9.17, 15) is 9.59 Å². The minimum atomic E-state index is -0.480. The first kappa shape index (κ1) is 24.9. The molecule has 172 valence electrons. The lowest BCUT2D eigenvalue weighted by Gasteiger charge is -2.19. The van der Waals surface area contributed by atoms with Gasteiger partial charge < -0.3 is 10.6 Å². The highest BCUT2D eigenvalue weighted by molar-refractivity contribution is 8.00. The van der Waals surface area contributed by atoms with Crippen LogP contribution in [0.5, 0.6) is 0 Å². The molecule has 0 fully saturated rings. The number of carbonyl (C=O) groups excluding carboxylic acids is 2. The molecule has 6 heteroatoms. The Hall–Kier alpha value is -2.76. The van der Waals surface area contributed by atoms with E-state index >= 15 is 0 Å². The van der Waals surface area contributed by atoms with Gasteiger partial charge in [-0.05, 0) is 53.8 Å². The Labute approximate surface area is 205 Å². The molecule has 2 N–H and O–H groups in total. The zero-order valence-electron chi connectivity index (χ0n) is 19.3. The summed E-state index contributed by atoms with van der Waals surface area (Å²) in [5.41, 5.74) is 3.12. The van der Waals surface area contributed by atoms with E-state index in [0.29, 0.717) is 22.8 Å². The van der Waals surface area contributed by atoms with Crippen LogP contribution in [-0.4, -0.2) is 11.8 Å². The van der Waals surface area contributed by atoms with E-state index in [1.165, 1.54) is 11.8 Å². The minimum absolute atomic E-state index is 0.0294. The van der Waals surface area contributed by atoms with E-state index < -0.39 is 5.25 Å². The van der Waals surface area contributed by atoms with Crippen molar-refractivity contribution in [2.24, 2.45) is 5.41 Å². The van der Waals surface area contributed by atoms with E-state index in [1.807, 2.05) is 94.4 Å². The van der Waals surface area contributed by atoms with Crippen molar-refractivity contribution >= 4 is 46.6 Å². The second-order valence-electron chi connectivity index (χ2n) is 9.18. The predicted molar refractivity (Wildman–Crippen MR) is 139 cm³/mol. The smallest absolute Gasteiger partial charge is 0.242 e. The van der Waals surface area contributed by atoms with Gasteiger partial charge in [-0.1, -0.05) is 74.8 Å². The fourth-order valence-electron chi connectivity index (χ4n) is 3.25. The Morgan fingerprint density at radius 1 is 0.909 bits per heavy atom. The molecule has 3 rings (SSSR count). The van der Waals surface area contributed by atoms with E-state index in [-0.39, 0.29) is 17.2 Å². The third kappa shape index (κ3) is 7.65. The zero-order valence-corrected chi connectivity index (χ0v) is 20.9. The highest BCUT2D eigenvalue weighted by Crippen LogP contribution is 2.37. The number of benzene rings is 3. The summed E-state index contributed by atoms with van der Waals surface area (Å²) in [6.45, 7) is 8.01. The van der Waals surface area contributed by atoms with Gasteiger partial charge in [-0.3, -0.25) is 9.59 Å². The Bertz CT molecular complexity index is 1130. The highest BCUT2D eigenvalue weighted by atomic mass is 35.5. The molecule has 1 unspecified atom stereocenters. The van der Waals surface area contributed by atoms with Crippen molar-refractivity contribution in [1.82, 2.24) is 0 Å². The van der Waals surface area contributed by atoms with Gasteiger partial charge in [0.2, 0.25) is 11.8 Å². The number of hydrogen-bond donors (Lipinski definition) is 2. The van der Waals surface area contributed by atoms with E-state index in [1.54, 1.807) is 6.07 Å². The number of amides is 2. The Balaban J connectivity index is 1.80. The maximum absolute atomic E-state index is 13.3. The summed E-state index contributed by atoms with van der Waals surface area (Å²) in [6, 6.07) is 22.7. The van der Waals surface area contributed by atoms with Crippen molar-refractivity contribution in [1.29, 1.82) is 0 Å². The average Bonchev–Trinajstić information content (AvgIpc) is 2.74. The molecule has 0 aliphatic rings. The van der Waals surface area contributed by atoms with Crippen molar-refractivity contribution in [3.63, 3.8) is 0 Å². The largest absolute Gasteiger partial charge is 0.326 e. The molecule has 0 heterocycles. The average molecular weight is 481 g/mol. The SMILES string of the molecule is Cc1ccc(NC(=O)C(Sc2cccc(NC(=O)CC(C)(C)C)c2)c2ccccc2)cc1Cl. The molecule has 3 aromatic rings. The van der Waals surface area contributed by atoms with Crippen LogP contribution in [0.4, 0.5) is 11.4 Å². The molecule has 0 aromatic heterocycles. The number of rotatable bonds is 7. The summed E-state index contributed by atoms with van der Waals surface area (Å²) in [5, 5.41) is 6.08. The van der Waals surface area contributed by atoms with Gasteiger partial charge in [0.1, 0.15) is 5.25 Å². The summed E-state index contributed by atoms with van der Waals surface area (Å²) in [6.07, 6.45) is 0.429. The van der Waals surface area contributed by atoms with Crippen LogP contribution in [0.2, 0.25) is 5.02 Å². The van der Waals surface area contributed by atoms with Crippen LogP contribution in [0, 0.1) is 12.3 Å². The zero-order chi connectivity index (χ0) is 24.0. The number of nitrogens with one attached hydrogen (secondary N) is 2. The van der Waals surface area contributed by atoms with Crippen molar-refractivity contribution in [3.8, 4) is 0 Å². The number of thioether (sulfide) groups is 1. The molecule has 0 radical (unpaired) electrons. The highest BCUT2D eigenvalue weighted by Gasteiger charge is 2.23. The van der Waals surface area contributed by atoms with Crippen LogP contribution in [0.25, 0.3) is 0 Å². The van der Waals surface area contributed by atoms with Gasteiger partial charge in [0.15, 0.2) is 0 Å². The quantitative estimate of drug-likeness (QED) is 0.344. The van der Waals surface area contributed by atoms with Crippen molar-refractivity contribution in [2.45, 2.75) is 44.3 Å². The lowest BCUT2D eigenvalue weighted by atomic mass is 9.92. The first-order valence-corrected chi connectivity index (χ1v) is 12.0. The van der Waals surface area contributed by atoms with Gasteiger partial charge in [0, 0.05) is 27.7 Å². The molecule has 0 spiro atoms. The molecule has 33 heavy (non-hydrogen) atoms. The van der Waals surface area contributed by atoms with Gasteiger partial charge in [-0.25, -0.2) is 0 Å². The van der Waals surface area contributed by atoms with Crippen LogP contribution < -0.4 is 10.6 Å². The predicted octanol–water partition coefficient (Wildman–Crippen LogP) is 7.50. The monoisotopic (exact) mass is 480 g/mol. The maximum Gasteiger partial charge on any atom is 0.242 e. The van der Waals surface area contributed by atoms with Gasteiger partial charge >= 0.3 is 0 Å². The number of halogens is 1. The van der Waals surface area contributed by atoms with E-state index in [0.717, 1.165) is 16.0 Å². The molecule has 0 saturated heterocycles. The third-order valence-corrected chi connectivity index (χ3v) is 6.50. The Kier molecular flexibility index (Phi) is 8.22. The number of hydrogen-bond acceptors (Lipinski definition) is 3. The van der Waals surface area contributed by atoms with Crippen molar-refractivity contribution in [3.05, 3.63) is 88.9 Å². The second kappa shape index (κ2) is 10.9. The van der Waals surface area contributed by atoms with Gasteiger partial charge in [-0.2, -0.15) is 0 Å². The van der Waals surface area contributed by atoms with Crippen molar-refractivity contribution < 1.29 is 9.59 Å². The molecule has 0 saturated carbocycles. The molecule has 1 atom stereocenters. The maximum atomic E-state index is 13.3. The molecular weight excluding hydrogens is 452 g/mol. The van der Waals surface area contributed by atoms with Crippen LogP contribution in [0.1, 0.15) is 43.6 Å². The molecule has 0 aliphatic heterocycles. The molecule has 0 aliphatic carbocycles. The fraction of sp³-hybridized carbons (Fsp3) is 0.259. The lowest BCUT2D eigenvalue weighted by Crippen LogP contribution is -2.20. The van der Waals surface area contributed by atoms with Crippen LogP contribution >= 0.6 is 23.4 Å². The van der Waals surface area contributed by atoms with Crippen LogP contribution in [0.15, 0.2) is 77.7 Å². The first-order chi connectivity index (χ1) is 15.6. The number of carbonyl (C=O) groups is 2. The molecule has 2 amide bonds. The van der Waals surface area contributed by atoms with E-state index in [4.69, 9.17) is 11.6 Å². The summed E-state index contributed by atoms with van der Waals surface area (Å²) in [4.78, 5) is 26.5. The Morgan fingerprint density at radius 2 is 1.61 bits per heavy atom. The molecule has 4 nitrogen and oxygen atoms in total. The molecule has 3 aromatic carbocycles. The summed E-state index contributed by atoms with van der Waals surface area (Å²) in [7, 11) is 0. The van der Waals surface area contributed by atoms with E-state index in [2.05, 4.69) is 10.6 Å². The first-order valence-electron chi connectivity index (χ1n) is 10.8. The second-order valence-corrected chi connectivity index (χ2v) is 10.8.